The van der Waals surface area contributed by atoms with Crippen molar-refractivity contribution in [1.29, 1.82) is 0 Å². The number of likely N-dealkylation sites (tertiary alicyclic amines) is 1. The smallest absolute Gasteiger partial charge is 0.247 e. The molecule has 0 spiro atoms. The molecule has 2 aliphatic rings. The van der Waals surface area contributed by atoms with Gasteiger partial charge in [-0.05, 0) is 88.1 Å². The van der Waals surface area contributed by atoms with Crippen LogP contribution >= 0.6 is 0 Å². The van der Waals surface area contributed by atoms with Crippen molar-refractivity contribution in [3.63, 3.8) is 0 Å². The molecule has 2 amide bonds. The van der Waals surface area contributed by atoms with Gasteiger partial charge in [-0.2, -0.15) is 5.10 Å². The van der Waals surface area contributed by atoms with E-state index in [2.05, 4.69) is 17.3 Å². The Morgan fingerprint density at radius 3 is 2.53 bits per heavy atom. The summed E-state index contributed by atoms with van der Waals surface area (Å²) in [6.45, 7) is 6.93. The van der Waals surface area contributed by atoms with E-state index in [4.69, 9.17) is 0 Å². The fourth-order valence-corrected chi connectivity index (χ4v) is 4.32. The van der Waals surface area contributed by atoms with Gasteiger partial charge in [-0.1, -0.05) is 6.92 Å². The molecular weight excluding hydrogens is 376 g/mol. The number of anilines is 1. The molecule has 1 aromatic carbocycles. The Labute approximate surface area is 178 Å². The Kier molecular flexibility index (Phi) is 5.67. The van der Waals surface area contributed by atoms with Crippen LogP contribution < -0.4 is 5.32 Å². The lowest BCUT2D eigenvalue weighted by molar-refractivity contribution is -0.140. The van der Waals surface area contributed by atoms with Gasteiger partial charge >= 0.3 is 0 Å². The predicted molar refractivity (Wildman–Crippen MR) is 118 cm³/mol. The highest BCUT2D eigenvalue weighted by molar-refractivity contribution is 5.97. The molecule has 1 aliphatic heterocycles. The van der Waals surface area contributed by atoms with E-state index in [1.54, 1.807) is 0 Å². The lowest BCUT2D eigenvalue weighted by atomic mass is 9.98. The van der Waals surface area contributed by atoms with Gasteiger partial charge in [0.2, 0.25) is 11.8 Å². The fourth-order valence-electron chi connectivity index (χ4n) is 4.32. The Balaban J connectivity index is 1.40. The van der Waals surface area contributed by atoms with Crippen molar-refractivity contribution in [2.45, 2.75) is 71.8 Å². The number of benzene rings is 1. The van der Waals surface area contributed by atoms with Crippen LogP contribution in [0.3, 0.4) is 0 Å². The molecule has 1 aromatic heterocycles. The highest BCUT2D eigenvalue weighted by Crippen LogP contribution is 2.49. The van der Waals surface area contributed by atoms with Crippen LogP contribution in [-0.2, 0) is 9.59 Å². The SMILES string of the molecule is Cc1cc(C)n(-c2ccc(NC(=O)[C@@H]3CCCCN3C(=O)CCC3(C)CC3)cc2)n1. The molecule has 0 bridgehead atoms. The highest BCUT2D eigenvalue weighted by Gasteiger charge is 2.38. The molecule has 0 unspecified atom stereocenters. The number of aromatic nitrogens is 2. The molecule has 160 valence electrons. The zero-order chi connectivity index (χ0) is 21.3. The number of nitrogens with one attached hydrogen (secondary N) is 1. The van der Waals surface area contributed by atoms with E-state index < -0.39 is 0 Å². The van der Waals surface area contributed by atoms with Gasteiger partial charge in [0.15, 0.2) is 0 Å². The van der Waals surface area contributed by atoms with E-state index in [0.717, 1.165) is 48.4 Å². The third-order valence-corrected chi connectivity index (χ3v) is 6.56. The number of aryl methyl sites for hydroxylation is 2. The second-order valence-electron chi connectivity index (χ2n) is 9.28. The molecule has 1 N–H and O–H groups in total. The van der Waals surface area contributed by atoms with Crippen LogP contribution in [0.1, 0.15) is 63.3 Å². The van der Waals surface area contributed by atoms with Crippen molar-refractivity contribution in [3.05, 3.63) is 41.7 Å². The van der Waals surface area contributed by atoms with Gasteiger partial charge < -0.3 is 10.2 Å². The average molecular weight is 409 g/mol. The van der Waals surface area contributed by atoms with Crippen molar-refractivity contribution in [2.75, 3.05) is 11.9 Å². The molecule has 2 aromatic rings. The quantitative estimate of drug-likeness (QED) is 0.771. The number of piperidine rings is 1. The Morgan fingerprint density at radius 1 is 1.17 bits per heavy atom. The summed E-state index contributed by atoms with van der Waals surface area (Å²) in [5, 5.41) is 7.52. The number of hydrogen-bond donors (Lipinski definition) is 1. The standard InChI is InChI=1S/C24H32N4O2/c1-17-16-18(2)28(26-17)20-9-7-19(8-10-20)25-23(30)21-6-4-5-15-27(21)22(29)11-12-24(3)13-14-24/h7-10,16,21H,4-6,11-15H2,1-3H3,(H,25,30)/t21-/m0/s1. The molecule has 6 nitrogen and oxygen atoms in total. The first-order valence-electron chi connectivity index (χ1n) is 11.1. The summed E-state index contributed by atoms with van der Waals surface area (Å²) < 4.78 is 1.89. The van der Waals surface area contributed by atoms with E-state index in [1.807, 2.05) is 53.8 Å². The van der Waals surface area contributed by atoms with E-state index in [-0.39, 0.29) is 17.9 Å². The third-order valence-electron chi connectivity index (χ3n) is 6.56. The molecule has 30 heavy (non-hydrogen) atoms. The number of rotatable bonds is 6. The topological polar surface area (TPSA) is 67.2 Å². The Bertz CT molecular complexity index is 927. The molecule has 1 atom stereocenters. The highest BCUT2D eigenvalue weighted by atomic mass is 16.2. The maximum Gasteiger partial charge on any atom is 0.247 e. The first kappa shape index (κ1) is 20.6. The van der Waals surface area contributed by atoms with E-state index in [0.29, 0.717) is 18.4 Å². The summed E-state index contributed by atoms with van der Waals surface area (Å²) in [5.41, 5.74) is 4.11. The lowest BCUT2D eigenvalue weighted by Gasteiger charge is -2.35. The van der Waals surface area contributed by atoms with Crippen molar-refractivity contribution in [1.82, 2.24) is 14.7 Å². The number of nitrogens with zero attached hydrogens (tertiary/aromatic N) is 3. The molecule has 1 saturated carbocycles. The molecule has 1 saturated heterocycles. The molecule has 2 heterocycles. The van der Waals surface area contributed by atoms with Crippen LogP contribution in [0.15, 0.2) is 30.3 Å². The van der Waals surface area contributed by atoms with Gasteiger partial charge in [-0.3, -0.25) is 9.59 Å². The van der Waals surface area contributed by atoms with E-state index in [9.17, 15) is 9.59 Å². The molecule has 2 fully saturated rings. The van der Waals surface area contributed by atoms with E-state index >= 15 is 0 Å². The maximum atomic E-state index is 13.0. The summed E-state index contributed by atoms with van der Waals surface area (Å²) >= 11 is 0. The monoisotopic (exact) mass is 408 g/mol. The molecule has 0 radical (unpaired) electrons. The largest absolute Gasteiger partial charge is 0.331 e. The van der Waals surface area contributed by atoms with Gasteiger partial charge in [0.1, 0.15) is 6.04 Å². The summed E-state index contributed by atoms with van der Waals surface area (Å²) in [7, 11) is 0. The van der Waals surface area contributed by atoms with Gasteiger partial charge in [0, 0.05) is 24.3 Å². The van der Waals surface area contributed by atoms with Gasteiger partial charge in [-0.15, -0.1) is 0 Å². The van der Waals surface area contributed by atoms with Gasteiger partial charge in [0.05, 0.1) is 11.4 Å². The zero-order valence-electron chi connectivity index (χ0n) is 18.3. The number of carbonyl (C=O) groups is 2. The Hall–Kier alpha value is -2.63. The van der Waals surface area contributed by atoms with Gasteiger partial charge in [0.25, 0.3) is 0 Å². The molecular formula is C24H32N4O2. The summed E-state index contributed by atoms with van der Waals surface area (Å²) in [6.07, 6.45) is 6.62. The van der Waals surface area contributed by atoms with Crippen molar-refractivity contribution in [2.24, 2.45) is 5.41 Å². The second-order valence-corrected chi connectivity index (χ2v) is 9.28. The van der Waals surface area contributed by atoms with Gasteiger partial charge in [-0.25, -0.2) is 4.68 Å². The minimum absolute atomic E-state index is 0.0838. The zero-order valence-corrected chi connectivity index (χ0v) is 18.3. The first-order valence-corrected chi connectivity index (χ1v) is 11.1. The predicted octanol–water partition coefficient (Wildman–Crippen LogP) is 4.39. The number of carbonyl (C=O) groups excluding carboxylic acids is 2. The second kappa shape index (κ2) is 8.25. The minimum atomic E-state index is -0.367. The van der Waals surface area contributed by atoms with Crippen molar-refractivity contribution >= 4 is 17.5 Å². The maximum absolute atomic E-state index is 13.0. The normalized spacial score (nSPS) is 20.1. The van der Waals surface area contributed by atoms with Crippen LogP contribution in [0.25, 0.3) is 5.69 Å². The average Bonchev–Trinajstić information content (AvgIpc) is 3.38. The molecule has 6 heteroatoms. The summed E-state index contributed by atoms with van der Waals surface area (Å²) in [5.74, 6) is 0.0439. The minimum Gasteiger partial charge on any atom is -0.331 e. The fraction of sp³-hybridized carbons (Fsp3) is 0.542. The van der Waals surface area contributed by atoms with Crippen LogP contribution in [0, 0.1) is 19.3 Å². The summed E-state index contributed by atoms with van der Waals surface area (Å²) in [4.78, 5) is 27.6. The van der Waals surface area contributed by atoms with Crippen molar-refractivity contribution < 1.29 is 9.59 Å². The van der Waals surface area contributed by atoms with Crippen LogP contribution in [0.4, 0.5) is 5.69 Å². The van der Waals surface area contributed by atoms with Crippen molar-refractivity contribution in [3.8, 4) is 5.69 Å². The number of amides is 2. The molecule has 1 aliphatic carbocycles. The summed E-state index contributed by atoms with van der Waals surface area (Å²) in [6, 6.07) is 9.37. The van der Waals surface area contributed by atoms with Crippen LogP contribution in [0.2, 0.25) is 0 Å². The first-order chi connectivity index (χ1) is 14.3. The molecule has 4 rings (SSSR count). The third kappa shape index (κ3) is 4.58. The number of hydrogen-bond acceptors (Lipinski definition) is 3. The lowest BCUT2D eigenvalue weighted by Crippen LogP contribution is -2.50. The van der Waals surface area contributed by atoms with Crippen LogP contribution in [0.5, 0.6) is 0 Å². The van der Waals surface area contributed by atoms with Crippen LogP contribution in [-0.4, -0.2) is 39.1 Å². The van der Waals surface area contributed by atoms with E-state index in [1.165, 1.54) is 12.8 Å². The Morgan fingerprint density at radius 2 is 1.90 bits per heavy atom.